The van der Waals surface area contributed by atoms with E-state index in [1.165, 1.54) is 0 Å². The maximum atomic E-state index is 6.13. The van der Waals surface area contributed by atoms with E-state index in [-0.39, 0.29) is 6.04 Å². The van der Waals surface area contributed by atoms with E-state index in [0.717, 1.165) is 12.0 Å². The summed E-state index contributed by atoms with van der Waals surface area (Å²) in [6.07, 6.45) is 2.49. The molecular formula is C15H20N4O. The summed E-state index contributed by atoms with van der Waals surface area (Å²) in [5.74, 6) is 1.15. The SMILES string of the molecule is CCOc1ccnc(NCCC(N)c2ccccc2)n1. The highest BCUT2D eigenvalue weighted by molar-refractivity contribution is 5.27. The second kappa shape index (κ2) is 7.45. The minimum Gasteiger partial charge on any atom is -0.478 e. The van der Waals surface area contributed by atoms with E-state index in [0.29, 0.717) is 25.0 Å². The van der Waals surface area contributed by atoms with Crippen LogP contribution in [0.15, 0.2) is 42.6 Å². The number of hydrogen-bond donors (Lipinski definition) is 2. The van der Waals surface area contributed by atoms with Crippen LogP contribution in [-0.4, -0.2) is 23.1 Å². The summed E-state index contributed by atoms with van der Waals surface area (Å²) in [5, 5.41) is 3.16. The fourth-order valence-electron chi connectivity index (χ4n) is 1.86. The van der Waals surface area contributed by atoms with Crippen molar-refractivity contribution in [2.45, 2.75) is 19.4 Å². The van der Waals surface area contributed by atoms with Crippen LogP contribution in [0.4, 0.5) is 5.95 Å². The van der Waals surface area contributed by atoms with Crippen LogP contribution >= 0.6 is 0 Å². The summed E-state index contributed by atoms with van der Waals surface area (Å²) in [5.41, 5.74) is 7.27. The highest BCUT2D eigenvalue weighted by Crippen LogP contribution is 2.13. The molecule has 1 aromatic heterocycles. The van der Waals surface area contributed by atoms with E-state index < -0.39 is 0 Å². The zero-order valence-electron chi connectivity index (χ0n) is 11.6. The maximum absolute atomic E-state index is 6.13. The molecule has 5 heteroatoms. The van der Waals surface area contributed by atoms with Crippen molar-refractivity contribution in [1.29, 1.82) is 0 Å². The smallest absolute Gasteiger partial charge is 0.225 e. The molecule has 3 N–H and O–H groups in total. The van der Waals surface area contributed by atoms with Crippen molar-refractivity contribution in [2.75, 3.05) is 18.5 Å². The maximum Gasteiger partial charge on any atom is 0.225 e. The summed E-state index contributed by atoms with van der Waals surface area (Å²) in [6.45, 7) is 3.23. The fourth-order valence-corrected chi connectivity index (χ4v) is 1.86. The third-order valence-corrected chi connectivity index (χ3v) is 2.89. The van der Waals surface area contributed by atoms with Gasteiger partial charge in [-0.25, -0.2) is 4.98 Å². The molecular weight excluding hydrogens is 252 g/mol. The molecule has 1 unspecified atom stereocenters. The Balaban J connectivity index is 1.82. The molecule has 0 saturated heterocycles. The molecule has 1 aromatic carbocycles. The van der Waals surface area contributed by atoms with Crippen molar-refractivity contribution in [3.8, 4) is 5.88 Å². The molecule has 5 nitrogen and oxygen atoms in total. The molecule has 0 fully saturated rings. The van der Waals surface area contributed by atoms with Gasteiger partial charge in [-0.05, 0) is 18.9 Å². The van der Waals surface area contributed by atoms with Gasteiger partial charge in [0, 0.05) is 24.8 Å². The number of nitrogens with two attached hydrogens (primary N) is 1. The minimum atomic E-state index is 0.0128. The van der Waals surface area contributed by atoms with Gasteiger partial charge in [0.25, 0.3) is 0 Å². The molecule has 1 heterocycles. The van der Waals surface area contributed by atoms with Crippen molar-refractivity contribution in [3.63, 3.8) is 0 Å². The molecule has 0 amide bonds. The van der Waals surface area contributed by atoms with Crippen LogP contribution in [0, 0.1) is 0 Å². The highest BCUT2D eigenvalue weighted by atomic mass is 16.5. The predicted octanol–water partition coefficient (Wildman–Crippen LogP) is 2.38. The fraction of sp³-hybridized carbons (Fsp3) is 0.333. The van der Waals surface area contributed by atoms with Gasteiger partial charge in [-0.15, -0.1) is 0 Å². The van der Waals surface area contributed by atoms with Crippen LogP contribution in [0.25, 0.3) is 0 Å². The van der Waals surface area contributed by atoms with E-state index in [9.17, 15) is 0 Å². The second-order valence-corrected chi connectivity index (χ2v) is 4.38. The van der Waals surface area contributed by atoms with Crippen molar-refractivity contribution in [3.05, 3.63) is 48.2 Å². The van der Waals surface area contributed by atoms with Gasteiger partial charge in [-0.1, -0.05) is 30.3 Å². The third kappa shape index (κ3) is 4.20. The second-order valence-electron chi connectivity index (χ2n) is 4.38. The van der Waals surface area contributed by atoms with Crippen molar-refractivity contribution >= 4 is 5.95 Å². The van der Waals surface area contributed by atoms with Gasteiger partial charge in [0.2, 0.25) is 11.8 Å². The van der Waals surface area contributed by atoms with Gasteiger partial charge in [0.1, 0.15) is 0 Å². The van der Waals surface area contributed by atoms with E-state index >= 15 is 0 Å². The van der Waals surface area contributed by atoms with Crippen LogP contribution in [0.3, 0.4) is 0 Å². The topological polar surface area (TPSA) is 73.1 Å². The van der Waals surface area contributed by atoms with Crippen molar-refractivity contribution in [1.82, 2.24) is 9.97 Å². The lowest BCUT2D eigenvalue weighted by molar-refractivity contribution is 0.326. The first-order valence-corrected chi connectivity index (χ1v) is 6.80. The summed E-state index contributed by atoms with van der Waals surface area (Å²) in [4.78, 5) is 8.40. The van der Waals surface area contributed by atoms with E-state index in [1.807, 2.05) is 37.3 Å². The average Bonchev–Trinajstić information content (AvgIpc) is 2.49. The van der Waals surface area contributed by atoms with Gasteiger partial charge in [0.05, 0.1) is 6.61 Å². The first kappa shape index (κ1) is 14.3. The molecule has 2 rings (SSSR count). The Hall–Kier alpha value is -2.14. The number of nitrogens with zero attached hydrogens (tertiary/aromatic N) is 2. The Kier molecular flexibility index (Phi) is 5.32. The third-order valence-electron chi connectivity index (χ3n) is 2.89. The van der Waals surface area contributed by atoms with Gasteiger partial charge >= 0.3 is 0 Å². The Labute approximate surface area is 119 Å². The van der Waals surface area contributed by atoms with Crippen LogP contribution in [0.5, 0.6) is 5.88 Å². The Morgan fingerprint density at radius 1 is 1.25 bits per heavy atom. The number of benzene rings is 1. The van der Waals surface area contributed by atoms with E-state index in [2.05, 4.69) is 15.3 Å². The van der Waals surface area contributed by atoms with Gasteiger partial charge in [0.15, 0.2) is 0 Å². The van der Waals surface area contributed by atoms with Crippen LogP contribution in [0.1, 0.15) is 24.9 Å². The zero-order chi connectivity index (χ0) is 14.2. The molecule has 0 bridgehead atoms. The average molecular weight is 272 g/mol. The lowest BCUT2D eigenvalue weighted by Gasteiger charge is -2.12. The molecule has 0 aliphatic carbocycles. The minimum absolute atomic E-state index is 0.0128. The lowest BCUT2D eigenvalue weighted by atomic mass is 10.1. The molecule has 20 heavy (non-hydrogen) atoms. The van der Waals surface area contributed by atoms with Crippen LogP contribution in [-0.2, 0) is 0 Å². The lowest BCUT2D eigenvalue weighted by Crippen LogP contribution is -2.16. The number of nitrogens with one attached hydrogen (secondary N) is 1. The molecule has 0 saturated carbocycles. The molecule has 106 valence electrons. The number of hydrogen-bond acceptors (Lipinski definition) is 5. The number of aromatic nitrogens is 2. The normalized spacial score (nSPS) is 11.9. The quantitative estimate of drug-likeness (QED) is 0.809. The highest BCUT2D eigenvalue weighted by Gasteiger charge is 2.05. The first-order valence-electron chi connectivity index (χ1n) is 6.80. The predicted molar refractivity (Wildman–Crippen MR) is 79.7 cm³/mol. The molecule has 0 aliphatic rings. The Morgan fingerprint density at radius 2 is 2.05 bits per heavy atom. The Morgan fingerprint density at radius 3 is 2.80 bits per heavy atom. The molecule has 1 atom stereocenters. The monoisotopic (exact) mass is 272 g/mol. The summed E-state index contributed by atoms with van der Waals surface area (Å²) >= 11 is 0. The summed E-state index contributed by atoms with van der Waals surface area (Å²) in [6, 6.07) is 11.8. The summed E-state index contributed by atoms with van der Waals surface area (Å²) in [7, 11) is 0. The first-order chi connectivity index (χ1) is 9.79. The number of anilines is 1. The molecule has 0 spiro atoms. The van der Waals surface area contributed by atoms with Gasteiger partial charge in [-0.3, -0.25) is 0 Å². The molecule has 0 aliphatic heterocycles. The standard InChI is InChI=1S/C15H20N4O/c1-2-20-14-9-11-18-15(19-14)17-10-8-13(16)12-6-4-3-5-7-12/h3-7,9,11,13H,2,8,10,16H2,1H3,(H,17,18,19). The van der Waals surface area contributed by atoms with Gasteiger partial charge in [-0.2, -0.15) is 4.98 Å². The molecule has 0 radical (unpaired) electrons. The van der Waals surface area contributed by atoms with E-state index in [4.69, 9.17) is 10.5 Å². The van der Waals surface area contributed by atoms with Crippen LogP contribution < -0.4 is 15.8 Å². The van der Waals surface area contributed by atoms with E-state index in [1.54, 1.807) is 12.3 Å². The number of rotatable bonds is 7. The van der Waals surface area contributed by atoms with Crippen molar-refractivity contribution < 1.29 is 4.74 Å². The number of ether oxygens (including phenoxy) is 1. The van der Waals surface area contributed by atoms with Gasteiger partial charge < -0.3 is 15.8 Å². The van der Waals surface area contributed by atoms with Crippen molar-refractivity contribution in [2.24, 2.45) is 5.73 Å². The Bertz CT molecular complexity index is 518. The summed E-state index contributed by atoms with van der Waals surface area (Å²) < 4.78 is 5.33. The molecule has 2 aromatic rings. The zero-order valence-corrected chi connectivity index (χ0v) is 11.6. The van der Waals surface area contributed by atoms with Crippen LogP contribution in [0.2, 0.25) is 0 Å². The largest absolute Gasteiger partial charge is 0.478 e.